The zero-order valence-corrected chi connectivity index (χ0v) is 20.9. The molecular formula is C23H22ClF7N4O4. The van der Waals surface area contributed by atoms with Crippen molar-refractivity contribution in [2.45, 2.75) is 68.6 Å². The maximum atomic E-state index is 14.2. The van der Waals surface area contributed by atoms with Crippen LogP contribution >= 0.6 is 11.6 Å². The molecule has 16 heteroatoms. The summed E-state index contributed by atoms with van der Waals surface area (Å²) in [5.41, 5.74) is -5.01. The first-order valence-electron chi connectivity index (χ1n) is 11.4. The van der Waals surface area contributed by atoms with E-state index >= 15 is 0 Å². The highest BCUT2D eigenvalue weighted by atomic mass is 35.5. The highest BCUT2D eigenvalue weighted by Gasteiger charge is 2.48. The molecule has 1 aromatic heterocycles. The molecule has 3 rings (SSSR count). The first-order valence-corrected chi connectivity index (χ1v) is 11.8. The van der Waals surface area contributed by atoms with Crippen LogP contribution in [0.1, 0.15) is 38.2 Å². The summed E-state index contributed by atoms with van der Waals surface area (Å²) in [5, 5.41) is 2.66. The molecule has 0 bridgehead atoms. The third-order valence-electron chi connectivity index (χ3n) is 6.06. The molecule has 0 spiro atoms. The topological polar surface area (TPSA) is 93.6 Å². The van der Waals surface area contributed by atoms with Gasteiger partial charge in [0.15, 0.2) is 5.54 Å². The number of alkyl halides is 8. The molecule has 0 radical (unpaired) electrons. The van der Waals surface area contributed by atoms with Crippen molar-refractivity contribution in [3.05, 3.63) is 48.5 Å². The van der Waals surface area contributed by atoms with Gasteiger partial charge in [0, 0.05) is 29.7 Å². The lowest BCUT2D eigenvalue weighted by atomic mass is 9.87. The SMILES string of the molecule is C[C@](C(=O)NC1CCC(OC(F)(F)F)CC1)(c1cncnc1)N(C(=O)[C@H](F)Cl)c1ccc(OC(F)(F)F)cc1. The fourth-order valence-electron chi connectivity index (χ4n) is 4.25. The fourth-order valence-corrected chi connectivity index (χ4v) is 4.35. The molecule has 2 aromatic rings. The minimum atomic E-state index is -5.00. The highest BCUT2D eigenvalue weighted by molar-refractivity contribution is 6.32. The maximum absolute atomic E-state index is 14.2. The van der Waals surface area contributed by atoms with Crippen LogP contribution in [0.2, 0.25) is 0 Å². The van der Waals surface area contributed by atoms with Gasteiger partial charge in [-0.15, -0.1) is 26.3 Å². The Labute approximate surface area is 222 Å². The molecule has 1 aliphatic rings. The van der Waals surface area contributed by atoms with Crippen LogP contribution in [0.5, 0.6) is 5.75 Å². The maximum Gasteiger partial charge on any atom is 0.573 e. The minimum Gasteiger partial charge on any atom is -0.406 e. The van der Waals surface area contributed by atoms with Crippen LogP contribution in [0.25, 0.3) is 0 Å². The first kappa shape index (κ1) is 30.3. The van der Waals surface area contributed by atoms with Crippen molar-refractivity contribution in [1.29, 1.82) is 0 Å². The van der Waals surface area contributed by atoms with E-state index in [4.69, 9.17) is 11.6 Å². The molecular weight excluding hydrogens is 565 g/mol. The second-order valence-electron chi connectivity index (χ2n) is 8.73. The summed E-state index contributed by atoms with van der Waals surface area (Å²) in [6, 6.07) is 3.06. The molecule has 39 heavy (non-hydrogen) atoms. The van der Waals surface area contributed by atoms with Gasteiger partial charge in [0.05, 0.1) is 6.10 Å². The van der Waals surface area contributed by atoms with Gasteiger partial charge < -0.3 is 10.1 Å². The number of carbonyl (C=O) groups excluding carboxylic acids is 2. The number of anilines is 1. The van der Waals surface area contributed by atoms with Gasteiger partial charge in [0.1, 0.15) is 12.1 Å². The minimum absolute atomic E-state index is 0.0159. The van der Waals surface area contributed by atoms with E-state index in [1.165, 1.54) is 19.3 Å². The van der Waals surface area contributed by atoms with E-state index in [9.17, 15) is 40.3 Å². The fraction of sp³-hybridized carbons (Fsp3) is 0.478. The normalized spacial score (nSPS) is 20.4. The van der Waals surface area contributed by atoms with Gasteiger partial charge in [-0.3, -0.25) is 19.2 Å². The summed E-state index contributed by atoms with van der Waals surface area (Å²) < 4.78 is 97.5. The number of aromatic nitrogens is 2. The Morgan fingerprint density at radius 1 is 1.00 bits per heavy atom. The van der Waals surface area contributed by atoms with Gasteiger partial charge >= 0.3 is 12.7 Å². The van der Waals surface area contributed by atoms with Crippen molar-refractivity contribution >= 4 is 29.1 Å². The molecule has 8 nitrogen and oxygen atoms in total. The average molecular weight is 587 g/mol. The monoisotopic (exact) mass is 586 g/mol. The second kappa shape index (κ2) is 11.9. The van der Waals surface area contributed by atoms with Gasteiger partial charge in [0.25, 0.3) is 17.4 Å². The van der Waals surface area contributed by atoms with E-state index < -0.39 is 53.6 Å². The van der Waals surface area contributed by atoms with E-state index in [0.29, 0.717) is 4.90 Å². The summed E-state index contributed by atoms with van der Waals surface area (Å²) in [4.78, 5) is 35.1. The van der Waals surface area contributed by atoms with Crippen LogP contribution in [-0.2, 0) is 19.9 Å². The Kier molecular flexibility index (Phi) is 9.26. The number of halogens is 8. The number of carbonyl (C=O) groups is 2. The summed E-state index contributed by atoms with van der Waals surface area (Å²) in [5.74, 6) is -2.96. The summed E-state index contributed by atoms with van der Waals surface area (Å²) in [7, 11) is 0. The second-order valence-corrected chi connectivity index (χ2v) is 9.11. The van der Waals surface area contributed by atoms with Gasteiger partial charge in [-0.1, -0.05) is 11.6 Å². The Balaban J connectivity index is 1.95. The van der Waals surface area contributed by atoms with Crippen molar-refractivity contribution in [1.82, 2.24) is 15.3 Å². The molecule has 0 unspecified atom stereocenters. The number of nitrogens with zero attached hydrogens (tertiary/aromatic N) is 3. The molecule has 1 aliphatic carbocycles. The van der Waals surface area contributed by atoms with Crippen LogP contribution in [0.3, 0.4) is 0 Å². The highest BCUT2D eigenvalue weighted by Crippen LogP contribution is 2.37. The third kappa shape index (κ3) is 7.91. The van der Waals surface area contributed by atoms with Crippen molar-refractivity contribution in [2.24, 2.45) is 0 Å². The van der Waals surface area contributed by atoms with Crippen LogP contribution in [-0.4, -0.2) is 52.3 Å². The molecule has 214 valence electrons. The standard InChI is InChI=1S/C23H22ClF7N4O4/c1-21(13-10-32-12-33-11-13,20(37)34-14-2-6-16(7-3-14)38-22(26,27)28)35(19(36)18(24)25)15-4-8-17(9-5-15)39-23(29,30)31/h4-5,8-12,14,16,18H,2-3,6-7H2,1H3,(H,34,37)/t14?,16?,18-,21+/m0/s1. The van der Waals surface area contributed by atoms with E-state index in [0.717, 1.165) is 30.6 Å². The van der Waals surface area contributed by atoms with E-state index in [2.05, 4.69) is 24.8 Å². The number of benzene rings is 1. The van der Waals surface area contributed by atoms with Crippen molar-refractivity contribution in [2.75, 3.05) is 4.90 Å². The lowest BCUT2D eigenvalue weighted by Crippen LogP contribution is -2.60. The molecule has 1 N–H and O–H groups in total. The quantitative estimate of drug-likeness (QED) is 0.341. The average Bonchev–Trinajstić information content (AvgIpc) is 2.84. The predicted molar refractivity (Wildman–Crippen MR) is 122 cm³/mol. The molecule has 2 atom stereocenters. The number of hydrogen-bond acceptors (Lipinski definition) is 6. The Bertz CT molecular complexity index is 1130. The van der Waals surface area contributed by atoms with Crippen LogP contribution < -0.4 is 15.0 Å². The lowest BCUT2D eigenvalue weighted by molar-refractivity contribution is -0.345. The lowest BCUT2D eigenvalue weighted by Gasteiger charge is -2.41. The van der Waals surface area contributed by atoms with Crippen LogP contribution in [0.15, 0.2) is 43.0 Å². The summed E-state index contributed by atoms with van der Waals surface area (Å²) in [6.45, 7) is 1.22. The molecule has 1 heterocycles. The third-order valence-corrected chi connectivity index (χ3v) is 6.24. The van der Waals surface area contributed by atoms with Crippen LogP contribution in [0.4, 0.5) is 36.4 Å². The molecule has 1 fully saturated rings. The largest absolute Gasteiger partial charge is 0.573 e. The van der Waals surface area contributed by atoms with Gasteiger partial charge in [-0.05, 0) is 56.9 Å². The number of nitrogens with one attached hydrogen (secondary N) is 1. The predicted octanol–water partition coefficient (Wildman–Crippen LogP) is 5.12. The molecule has 0 aliphatic heterocycles. The van der Waals surface area contributed by atoms with Crippen LogP contribution in [0, 0.1) is 0 Å². The zero-order chi connectivity index (χ0) is 29.0. The van der Waals surface area contributed by atoms with Crippen molar-refractivity contribution < 1.29 is 49.8 Å². The first-order chi connectivity index (χ1) is 18.1. The van der Waals surface area contributed by atoms with E-state index in [1.807, 2.05) is 0 Å². The van der Waals surface area contributed by atoms with Crippen molar-refractivity contribution in [3.63, 3.8) is 0 Å². The summed E-state index contributed by atoms with van der Waals surface area (Å²) in [6.07, 6.45) is -7.27. The van der Waals surface area contributed by atoms with E-state index in [-0.39, 0.29) is 36.9 Å². The van der Waals surface area contributed by atoms with Gasteiger partial charge in [-0.25, -0.2) is 14.4 Å². The number of amides is 2. The molecule has 2 amide bonds. The van der Waals surface area contributed by atoms with Gasteiger partial charge in [-0.2, -0.15) is 0 Å². The van der Waals surface area contributed by atoms with Crippen molar-refractivity contribution in [3.8, 4) is 5.75 Å². The number of hydrogen-bond donors (Lipinski definition) is 1. The zero-order valence-electron chi connectivity index (χ0n) is 20.1. The number of rotatable bonds is 8. The van der Waals surface area contributed by atoms with Gasteiger partial charge in [0.2, 0.25) is 0 Å². The summed E-state index contributed by atoms with van der Waals surface area (Å²) >= 11 is 5.45. The molecule has 1 aromatic carbocycles. The Hall–Kier alpha value is -3.20. The molecule has 0 saturated heterocycles. The Morgan fingerprint density at radius 2 is 1.56 bits per heavy atom. The Morgan fingerprint density at radius 3 is 2.05 bits per heavy atom. The smallest absolute Gasteiger partial charge is 0.406 e. The number of ether oxygens (including phenoxy) is 2. The molecule has 1 saturated carbocycles. The van der Waals surface area contributed by atoms with E-state index in [1.54, 1.807) is 0 Å².